The molecule has 0 radical (unpaired) electrons. The molecule has 0 fully saturated rings. The number of ether oxygens (including phenoxy) is 2. The molecule has 0 aromatic carbocycles. The standard InChI is InChI=1S/C10H16N2O3S/c1-10(2,15-9(11)13)4-8-12-7(5-14-3)6-16-8/h6H,4-5H2,1-3H3,(H2,11,13). The number of nitrogens with zero attached hydrogens (tertiary/aromatic N) is 1. The number of methoxy groups -OCH3 is 1. The fourth-order valence-corrected chi connectivity index (χ4v) is 2.31. The molecule has 1 aromatic rings. The van der Waals surface area contributed by atoms with E-state index >= 15 is 0 Å². The highest BCUT2D eigenvalue weighted by atomic mass is 32.1. The molecule has 0 spiro atoms. The Bertz CT molecular complexity index is 363. The lowest BCUT2D eigenvalue weighted by molar-refractivity contribution is 0.0459. The first-order valence-electron chi connectivity index (χ1n) is 4.83. The molecule has 90 valence electrons. The van der Waals surface area contributed by atoms with Crippen LogP contribution in [0.15, 0.2) is 5.38 Å². The van der Waals surface area contributed by atoms with Crippen LogP contribution in [0.4, 0.5) is 4.79 Å². The number of carbonyl (C=O) groups is 1. The zero-order chi connectivity index (χ0) is 12.2. The fourth-order valence-electron chi connectivity index (χ4n) is 1.32. The van der Waals surface area contributed by atoms with Crippen LogP contribution in [0.2, 0.25) is 0 Å². The van der Waals surface area contributed by atoms with E-state index < -0.39 is 11.7 Å². The minimum absolute atomic E-state index is 0.494. The molecule has 0 saturated heterocycles. The molecule has 0 aliphatic carbocycles. The molecule has 0 aliphatic rings. The average molecular weight is 244 g/mol. The number of thiazole rings is 1. The van der Waals surface area contributed by atoms with Crippen LogP contribution in [0.25, 0.3) is 0 Å². The first-order chi connectivity index (χ1) is 7.43. The number of carbonyl (C=O) groups excluding carboxylic acids is 1. The van der Waals surface area contributed by atoms with Gasteiger partial charge in [0.2, 0.25) is 0 Å². The third-order valence-corrected chi connectivity index (χ3v) is 2.74. The van der Waals surface area contributed by atoms with Gasteiger partial charge in [0, 0.05) is 18.9 Å². The molecule has 5 nitrogen and oxygen atoms in total. The molecular weight excluding hydrogens is 228 g/mol. The van der Waals surface area contributed by atoms with Crippen LogP contribution in [0.1, 0.15) is 24.5 Å². The average Bonchev–Trinajstić information content (AvgIpc) is 2.49. The number of hydrogen-bond acceptors (Lipinski definition) is 5. The summed E-state index contributed by atoms with van der Waals surface area (Å²) in [4.78, 5) is 15.0. The second kappa shape index (κ2) is 5.27. The molecule has 0 bridgehead atoms. The molecule has 1 aromatic heterocycles. The van der Waals surface area contributed by atoms with Crippen molar-refractivity contribution in [2.24, 2.45) is 5.73 Å². The number of aromatic nitrogens is 1. The largest absolute Gasteiger partial charge is 0.443 e. The van der Waals surface area contributed by atoms with Crippen molar-refractivity contribution < 1.29 is 14.3 Å². The maximum atomic E-state index is 10.7. The van der Waals surface area contributed by atoms with E-state index in [1.54, 1.807) is 21.0 Å². The van der Waals surface area contributed by atoms with Gasteiger partial charge in [0.1, 0.15) is 5.60 Å². The Hall–Kier alpha value is -1.14. The van der Waals surface area contributed by atoms with Crippen molar-refractivity contribution in [3.05, 3.63) is 16.1 Å². The van der Waals surface area contributed by atoms with Gasteiger partial charge < -0.3 is 15.2 Å². The van der Waals surface area contributed by atoms with Crippen molar-refractivity contribution in [1.82, 2.24) is 4.98 Å². The Balaban J connectivity index is 2.61. The molecule has 0 atom stereocenters. The lowest BCUT2D eigenvalue weighted by Crippen LogP contribution is -2.33. The molecule has 2 N–H and O–H groups in total. The molecule has 6 heteroatoms. The van der Waals surface area contributed by atoms with Crippen LogP contribution in [0, 0.1) is 0 Å². The Morgan fingerprint density at radius 1 is 1.62 bits per heavy atom. The highest BCUT2D eigenvalue weighted by Gasteiger charge is 2.23. The SMILES string of the molecule is COCc1csc(CC(C)(C)OC(N)=O)n1. The van der Waals surface area contributed by atoms with E-state index in [2.05, 4.69) is 4.98 Å². The first kappa shape index (κ1) is 12.9. The summed E-state index contributed by atoms with van der Waals surface area (Å²) in [5.74, 6) is 0. The lowest BCUT2D eigenvalue weighted by Gasteiger charge is -2.22. The molecule has 1 heterocycles. The summed E-state index contributed by atoms with van der Waals surface area (Å²) in [5.41, 5.74) is 5.24. The predicted molar refractivity (Wildman–Crippen MR) is 61.3 cm³/mol. The monoisotopic (exact) mass is 244 g/mol. The van der Waals surface area contributed by atoms with E-state index in [1.807, 2.05) is 5.38 Å². The smallest absolute Gasteiger partial charge is 0.405 e. The summed E-state index contributed by atoms with van der Waals surface area (Å²) in [7, 11) is 1.62. The van der Waals surface area contributed by atoms with Gasteiger partial charge in [-0.25, -0.2) is 9.78 Å². The number of hydrogen-bond donors (Lipinski definition) is 1. The van der Waals surface area contributed by atoms with Crippen molar-refractivity contribution in [3.63, 3.8) is 0 Å². The zero-order valence-corrected chi connectivity index (χ0v) is 10.5. The van der Waals surface area contributed by atoms with Gasteiger partial charge in [-0.1, -0.05) is 0 Å². The topological polar surface area (TPSA) is 74.4 Å². The van der Waals surface area contributed by atoms with Gasteiger partial charge in [0.25, 0.3) is 0 Å². The van der Waals surface area contributed by atoms with Crippen LogP contribution in [0.5, 0.6) is 0 Å². The summed E-state index contributed by atoms with van der Waals surface area (Å²) in [5, 5.41) is 2.83. The second-order valence-corrected chi connectivity index (χ2v) is 4.97. The summed E-state index contributed by atoms with van der Waals surface area (Å²) >= 11 is 1.52. The van der Waals surface area contributed by atoms with Gasteiger partial charge in [-0.3, -0.25) is 0 Å². The van der Waals surface area contributed by atoms with Gasteiger partial charge in [-0.05, 0) is 13.8 Å². The highest BCUT2D eigenvalue weighted by molar-refractivity contribution is 7.09. The summed E-state index contributed by atoms with van der Waals surface area (Å²) < 4.78 is 9.96. The Labute approximate surface area is 98.6 Å². The molecule has 0 aliphatic heterocycles. The van der Waals surface area contributed by atoms with Gasteiger partial charge in [0.05, 0.1) is 17.3 Å². The molecule has 0 unspecified atom stereocenters. The first-order valence-corrected chi connectivity index (χ1v) is 5.71. The van der Waals surface area contributed by atoms with Crippen LogP contribution in [-0.2, 0) is 22.5 Å². The Morgan fingerprint density at radius 3 is 2.88 bits per heavy atom. The summed E-state index contributed by atoms with van der Waals surface area (Å²) in [6.45, 7) is 4.10. The van der Waals surface area contributed by atoms with Gasteiger partial charge >= 0.3 is 6.09 Å². The molecule has 0 saturated carbocycles. The number of rotatable bonds is 5. The third-order valence-electron chi connectivity index (χ3n) is 1.85. The van der Waals surface area contributed by atoms with E-state index in [-0.39, 0.29) is 0 Å². The van der Waals surface area contributed by atoms with Gasteiger partial charge in [-0.2, -0.15) is 0 Å². The third kappa shape index (κ3) is 4.16. The second-order valence-electron chi connectivity index (χ2n) is 4.02. The van der Waals surface area contributed by atoms with E-state index in [9.17, 15) is 4.79 Å². The zero-order valence-electron chi connectivity index (χ0n) is 9.65. The molecule has 16 heavy (non-hydrogen) atoms. The van der Waals surface area contributed by atoms with Crippen LogP contribution >= 0.6 is 11.3 Å². The number of primary amides is 1. The summed E-state index contributed by atoms with van der Waals surface area (Å²) in [6.07, 6.45) is -0.219. The minimum atomic E-state index is -0.765. The Kier molecular flexibility index (Phi) is 4.26. The van der Waals surface area contributed by atoms with Crippen LogP contribution in [-0.4, -0.2) is 23.8 Å². The normalized spacial score (nSPS) is 11.4. The number of amides is 1. The Morgan fingerprint density at radius 2 is 2.31 bits per heavy atom. The minimum Gasteiger partial charge on any atom is -0.443 e. The van der Waals surface area contributed by atoms with Crippen LogP contribution < -0.4 is 5.73 Å². The molecule has 1 rings (SSSR count). The van der Waals surface area contributed by atoms with Crippen molar-refractivity contribution in [2.45, 2.75) is 32.5 Å². The van der Waals surface area contributed by atoms with Crippen molar-refractivity contribution >= 4 is 17.4 Å². The maximum Gasteiger partial charge on any atom is 0.405 e. The van der Waals surface area contributed by atoms with Gasteiger partial charge in [-0.15, -0.1) is 11.3 Å². The quantitative estimate of drug-likeness (QED) is 0.855. The van der Waals surface area contributed by atoms with Crippen molar-refractivity contribution in [3.8, 4) is 0 Å². The number of nitrogens with two attached hydrogens (primary N) is 1. The van der Waals surface area contributed by atoms with Gasteiger partial charge in [0.15, 0.2) is 0 Å². The maximum absolute atomic E-state index is 10.7. The van der Waals surface area contributed by atoms with Crippen molar-refractivity contribution in [2.75, 3.05) is 7.11 Å². The van der Waals surface area contributed by atoms with E-state index in [1.165, 1.54) is 11.3 Å². The van der Waals surface area contributed by atoms with E-state index in [0.717, 1.165) is 10.7 Å². The van der Waals surface area contributed by atoms with Crippen LogP contribution in [0.3, 0.4) is 0 Å². The highest BCUT2D eigenvalue weighted by Crippen LogP contribution is 2.20. The predicted octanol–water partition coefficient (Wildman–Crippen LogP) is 1.71. The summed E-state index contributed by atoms with van der Waals surface area (Å²) in [6, 6.07) is 0. The molecule has 1 amide bonds. The van der Waals surface area contributed by atoms with E-state index in [0.29, 0.717) is 13.0 Å². The molecular formula is C10H16N2O3S. The van der Waals surface area contributed by atoms with E-state index in [4.69, 9.17) is 15.2 Å². The van der Waals surface area contributed by atoms with Crippen molar-refractivity contribution in [1.29, 1.82) is 0 Å². The lowest BCUT2D eigenvalue weighted by atomic mass is 10.1. The fraction of sp³-hybridized carbons (Fsp3) is 0.600.